The smallest absolute Gasteiger partial charge is 0.0705 e. The van der Waals surface area contributed by atoms with Gasteiger partial charge >= 0.3 is 0 Å². The van der Waals surface area contributed by atoms with E-state index in [0.29, 0.717) is 6.10 Å². The van der Waals surface area contributed by atoms with E-state index in [-0.39, 0.29) is 0 Å². The van der Waals surface area contributed by atoms with Crippen LogP contribution >= 0.6 is 0 Å². The van der Waals surface area contributed by atoms with Crippen LogP contribution in [-0.4, -0.2) is 24.2 Å². The minimum absolute atomic E-state index is 0.303. The van der Waals surface area contributed by atoms with Gasteiger partial charge in [0, 0.05) is 24.2 Å². The highest BCUT2D eigenvalue weighted by atomic mass is 16.5. The van der Waals surface area contributed by atoms with E-state index in [0.717, 1.165) is 30.9 Å². The summed E-state index contributed by atoms with van der Waals surface area (Å²) >= 11 is 0. The summed E-state index contributed by atoms with van der Waals surface area (Å²) in [5, 5.41) is 4.59. The lowest BCUT2D eigenvalue weighted by Gasteiger charge is -2.09. The topological polar surface area (TPSA) is 34.1 Å². The van der Waals surface area contributed by atoms with Crippen LogP contribution in [0.5, 0.6) is 0 Å². The van der Waals surface area contributed by atoms with Gasteiger partial charge < -0.3 is 10.1 Å². The van der Waals surface area contributed by atoms with Gasteiger partial charge in [-0.25, -0.2) is 0 Å². The van der Waals surface area contributed by atoms with Gasteiger partial charge in [-0.15, -0.1) is 0 Å². The SMILES string of the molecule is Cc1ccc2cc(CNCCOC(C)C)ccc2n1. The molecule has 0 aliphatic rings. The average molecular weight is 258 g/mol. The molecule has 0 atom stereocenters. The number of pyridine rings is 1. The van der Waals surface area contributed by atoms with E-state index in [4.69, 9.17) is 4.74 Å². The number of nitrogens with zero attached hydrogens (tertiary/aromatic N) is 1. The van der Waals surface area contributed by atoms with Crippen molar-refractivity contribution in [2.24, 2.45) is 0 Å². The summed E-state index contributed by atoms with van der Waals surface area (Å²) in [6, 6.07) is 10.6. The molecule has 0 aliphatic heterocycles. The zero-order valence-corrected chi connectivity index (χ0v) is 11.9. The maximum atomic E-state index is 5.49. The van der Waals surface area contributed by atoms with E-state index in [1.54, 1.807) is 0 Å². The van der Waals surface area contributed by atoms with Crippen LogP contribution < -0.4 is 5.32 Å². The average Bonchev–Trinajstić information content (AvgIpc) is 2.38. The number of aryl methyl sites for hydroxylation is 1. The molecule has 2 rings (SSSR count). The molecule has 2 aromatic rings. The fourth-order valence-corrected chi connectivity index (χ4v) is 1.99. The molecule has 0 amide bonds. The summed E-state index contributed by atoms with van der Waals surface area (Å²) < 4.78 is 5.49. The van der Waals surface area contributed by atoms with Gasteiger partial charge in [0.1, 0.15) is 0 Å². The van der Waals surface area contributed by atoms with Crippen LogP contribution in [0.25, 0.3) is 10.9 Å². The van der Waals surface area contributed by atoms with Crippen molar-refractivity contribution in [1.29, 1.82) is 0 Å². The first-order valence-electron chi connectivity index (χ1n) is 6.84. The van der Waals surface area contributed by atoms with Gasteiger partial charge in [-0.2, -0.15) is 0 Å². The predicted octanol–water partition coefficient (Wildman–Crippen LogP) is 3.06. The van der Waals surface area contributed by atoms with Crippen molar-refractivity contribution < 1.29 is 4.74 Å². The molecule has 0 bridgehead atoms. The van der Waals surface area contributed by atoms with E-state index in [1.165, 1.54) is 10.9 Å². The quantitative estimate of drug-likeness (QED) is 0.809. The Bertz CT molecular complexity index is 537. The first-order chi connectivity index (χ1) is 9.15. The van der Waals surface area contributed by atoms with Gasteiger partial charge in [0.15, 0.2) is 0 Å². The van der Waals surface area contributed by atoms with Gasteiger partial charge in [-0.1, -0.05) is 12.1 Å². The van der Waals surface area contributed by atoms with Crippen molar-refractivity contribution in [3.05, 3.63) is 41.6 Å². The zero-order valence-electron chi connectivity index (χ0n) is 11.9. The number of aromatic nitrogens is 1. The Balaban J connectivity index is 1.89. The van der Waals surface area contributed by atoms with Gasteiger partial charge in [0.2, 0.25) is 0 Å². The lowest BCUT2D eigenvalue weighted by atomic mass is 10.1. The van der Waals surface area contributed by atoms with Crippen molar-refractivity contribution in [3.63, 3.8) is 0 Å². The molecular weight excluding hydrogens is 236 g/mol. The molecule has 1 N–H and O–H groups in total. The number of nitrogens with one attached hydrogen (secondary N) is 1. The number of fused-ring (bicyclic) bond motifs is 1. The van der Waals surface area contributed by atoms with Gasteiger partial charge in [-0.3, -0.25) is 4.98 Å². The molecule has 19 heavy (non-hydrogen) atoms. The molecule has 3 nitrogen and oxygen atoms in total. The highest BCUT2D eigenvalue weighted by Crippen LogP contribution is 2.14. The first-order valence-corrected chi connectivity index (χ1v) is 6.84. The highest BCUT2D eigenvalue weighted by Gasteiger charge is 1.99. The summed E-state index contributed by atoms with van der Waals surface area (Å²) in [6.07, 6.45) is 0.303. The zero-order chi connectivity index (χ0) is 13.7. The Morgan fingerprint density at radius 3 is 2.84 bits per heavy atom. The Labute approximate surface area is 115 Å². The predicted molar refractivity (Wildman–Crippen MR) is 79.3 cm³/mol. The number of hydrogen-bond acceptors (Lipinski definition) is 3. The number of hydrogen-bond donors (Lipinski definition) is 1. The molecule has 0 spiro atoms. The third-order valence-electron chi connectivity index (χ3n) is 2.95. The van der Waals surface area contributed by atoms with Crippen LogP contribution in [0.3, 0.4) is 0 Å². The second-order valence-corrected chi connectivity index (χ2v) is 5.08. The lowest BCUT2D eigenvalue weighted by Crippen LogP contribution is -2.20. The molecule has 1 heterocycles. The summed E-state index contributed by atoms with van der Waals surface area (Å²) in [5.41, 5.74) is 3.40. The summed E-state index contributed by atoms with van der Waals surface area (Å²) in [4.78, 5) is 4.51. The molecule has 0 saturated heterocycles. The molecule has 3 heteroatoms. The fourth-order valence-electron chi connectivity index (χ4n) is 1.99. The van der Waals surface area contributed by atoms with Crippen LogP contribution in [0.2, 0.25) is 0 Å². The second-order valence-electron chi connectivity index (χ2n) is 5.08. The molecule has 1 aromatic heterocycles. The minimum atomic E-state index is 0.303. The number of benzene rings is 1. The maximum absolute atomic E-state index is 5.49. The summed E-state index contributed by atoms with van der Waals surface area (Å²) in [5.74, 6) is 0. The van der Waals surface area contributed by atoms with Gasteiger partial charge in [0.25, 0.3) is 0 Å². The first kappa shape index (κ1) is 14.0. The van der Waals surface area contributed by atoms with E-state index in [2.05, 4.69) is 54.5 Å². The Morgan fingerprint density at radius 2 is 2.05 bits per heavy atom. The molecule has 0 radical (unpaired) electrons. The van der Waals surface area contributed by atoms with Crippen LogP contribution in [0, 0.1) is 6.92 Å². The summed E-state index contributed by atoms with van der Waals surface area (Å²) in [6.45, 7) is 8.62. The molecule has 0 fully saturated rings. The third kappa shape index (κ3) is 4.30. The fraction of sp³-hybridized carbons (Fsp3) is 0.438. The van der Waals surface area contributed by atoms with Crippen molar-refractivity contribution in [1.82, 2.24) is 10.3 Å². The Kier molecular flexibility index (Phi) is 4.88. The summed E-state index contributed by atoms with van der Waals surface area (Å²) in [7, 11) is 0. The minimum Gasteiger partial charge on any atom is -0.377 e. The van der Waals surface area contributed by atoms with Crippen molar-refractivity contribution >= 4 is 10.9 Å². The molecule has 102 valence electrons. The molecule has 0 aliphatic carbocycles. The van der Waals surface area contributed by atoms with Crippen LogP contribution in [-0.2, 0) is 11.3 Å². The molecule has 0 saturated carbocycles. The van der Waals surface area contributed by atoms with Crippen LogP contribution in [0.15, 0.2) is 30.3 Å². The maximum Gasteiger partial charge on any atom is 0.0705 e. The van der Waals surface area contributed by atoms with Crippen LogP contribution in [0.4, 0.5) is 0 Å². The van der Waals surface area contributed by atoms with E-state index < -0.39 is 0 Å². The lowest BCUT2D eigenvalue weighted by molar-refractivity contribution is 0.0807. The monoisotopic (exact) mass is 258 g/mol. The third-order valence-corrected chi connectivity index (χ3v) is 2.95. The molecule has 0 unspecified atom stereocenters. The largest absolute Gasteiger partial charge is 0.377 e. The normalized spacial score (nSPS) is 11.4. The van der Waals surface area contributed by atoms with Crippen LogP contribution in [0.1, 0.15) is 25.1 Å². The number of ether oxygens (including phenoxy) is 1. The second kappa shape index (κ2) is 6.64. The van der Waals surface area contributed by atoms with Gasteiger partial charge in [0.05, 0.1) is 18.2 Å². The van der Waals surface area contributed by atoms with E-state index in [1.807, 2.05) is 6.92 Å². The van der Waals surface area contributed by atoms with E-state index in [9.17, 15) is 0 Å². The Morgan fingerprint density at radius 1 is 1.21 bits per heavy atom. The molecular formula is C16H22N2O. The standard InChI is InChI=1S/C16H22N2O/c1-12(2)19-9-8-17-11-14-5-7-16-15(10-14)6-4-13(3)18-16/h4-7,10,12,17H,8-9,11H2,1-3H3. The van der Waals surface area contributed by atoms with Crippen molar-refractivity contribution in [2.45, 2.75) is 33.4 Å². The Hall–Kier alpha value is -1.45. The van der Waals surface area contributed by atoms with Crippen molar-refractivity contribution in [2.75, 3.05) is 13.2 Å². The molecule has 1 aromatic carbocycles. The highest BCUT2D eigenvalue weighted by molar-refractivity contribution is 5.79. The number of rotatable bonds is 6. The van der Waals surface area contributed by atoms with Crippen molar-refractivity contribution in [3.8, 4) is 0 Å². The van der Waals surface area contributed by atoms with E-state index >= 15 is 0 Å². The van der Waals surface area contributed by atoms with Gasteiger partial charge in [-0.05, 0) is 44.5 Å².